The molecule has 0 amide bonds. The first-order valence-electron chi connectivity index (χ1n) is 11.5. The second-order valence-electron chi connectivity index (χ2n) is 7.56. The van der Waals surface area contributed by atoms with E-state index < -0.39 is 8.60 Å². The van der Waals surface area contributed by atoms with Crippen LogP contribution in [0.1, 0.15) is 104 Å². The van der Waals surface area contributed by atoms with Gasteiger partial charge in [0.2, 0.25) is 0 Å². The summed E-state index contributed by atoms with van der Waals surface area (Å²) in [5, 5.41) is 0. The first kappa shape index (κ1) is 27.3. The van der Waals surface area contributed by atoms with Gasteiger partial charge in [0.15, 0.2) is 0 Å². The minimum atomic E-state index is -1.16. The first-order valence-corrected chi connectivity index (χ1v) is 12.6. The highest BCUT2D eigenvalue weighted by Crippen LogP contribution is 2.38. The summed E-state index contributed by atoms with van der Waals surface area (Å²) in [5.41, 5.74) is 0. The van der Waals surface area contributed by atoms with E-state index in [9.17, 15) is 0 Å². The Morgan fingerprint density at radius 1 is 0.630 bits per heavy atom. The van der Waals surface area contributed by atoms with Crippen LogP contribution in [0.3, 0.4) is 0 Å². The summed E-state index contributed by atoms with van der Waals surface area (Å²) in [5.74, 6) is 0. The van der Waals surface area contributed by atoms with E-state index in [1.807, 2.05) is 0 Å². The van der Waals surface area contributed by atoms with Crippen molar-refractivity contribution in [2.45, 2.75) is 104 Å². The lowest BCUT2D eigenvalue weighted by Gasteiger charge is -2.17. The number of hydrogen-bond acceptors (Lipinski definition) is 4. The van der Waals surface area contributed by atoms with Crippen LogP contribution in [0.4, 0.5) is 0 Å². The Morgan fingerprint density at radius 3 is 1.52 bits per heavy atom. The molecule has 0 aromatic heterocycles. The molecule has 0 N–H and O–H groups in total. The fourth-order valence-corrected chi connectivity index (χ4v) is 3.80. The standard InChI is InChI=1S/C22H48NO3P/c1-5-7-8-9-10-11-12-13-14-15-16-17-18-19-21-25-27(24-4)26-22-20-23(3)6-2/h5-22H2,1-4H3. The Kier molecular flexibility index (Phi) is 22.8. The number of hydrogen-bond donors (Lipinski definition) is 0. The summed E-state index contributed by atoms with van der Waals surface area (Å²) in [4.78, 5) is 2.22. The topological polar surface area (TPSA) is 30.9 Å². The van der Waals surface area contributed by atoms with E-state index in [2.05, 4.69) is 25.8 Å². The van der Waals surface area contributed by atoms with Gasteiger partial charge in [0.05, 0.1) is 13.2 Å². The summed E-state index contributed by atoms with van der Waals surface area (Å²) in [6.45, 7) is 7.80. The molecule has 0 saturated carbocycles. The summed E-state index contributed by atoms with van der Waals surface area (Å²) in [7, 11) is 2.60. The fourth-order valence-electron chi connectivity index (χ4n) is 3.01. The predicted octanol–water partition coefficient (Wildman–Crippen LogP) is 7.33. The molecule has 4 nitrogen and oxygen atoms in total. The smallest absolute Gasteiger partial charge is 0.316 e. The van der Waals surface area contributed by atoms with Crippen molar-refractivity contribution in [1.82, 2.24) is 4.90 Å². The van der Waals surface area contributed by atoms with Crippen molar-refractivity contribution in [1.29, 1.82) is 0 Å². The molecule has 5 heteroatoms. The molecular formula is C22H48NO3P. The SMILES string of the molecule is CCCCCCCCCCCCCCCCOP(OC)OCCN(C)CC. The van der Waals surface area contributed by atoms with Crippen LogP contribution in [-0.4, -0.2) is 45.4 Å². The van der Waals surface area contributed by atoms with Crippen LogP contribution in [0.25, 0.3) is 0 Å². The van der Waals surface area contributed by atoms with Crippen LogP contribution in [0.2, 0.25) is 0 Å². The Balaban J connectivity index is 3.24. The molecule has 0 aliphatic rings. The molecule has 0 aromatic rings. The van der Waals surface area contributed by atoms with Gasteiger partial charge in [0, 0.05) is 13.7 Å². The van der Waals surface area contributed by atoms with Crippen LogP contribution in [0, 0.1) is 0 Å². The van der Waals surface area contributed by atoms with Crippen LogP contribution in [-0.2, 0) is 13.6 Å². The molecule has 0 rings (SSSR count). The van der Waals surface area contributed by atoms with E-state index in [0.29, 0.717) is 6.61 Å². The lowest BCUT2D eigenvalue weighted by molar-refractivity contribution is 0.163. The molecule has 1 unspecified atom stereocenters. The first-order chi connectivity index (χ1) is 13.2. The maximum atomic E-state index is 5.72. The largest absolute Gasteiger partial charge is 0.332 e. The molecule has 0 aliphatic heterocycles. The molecule has 1 atom stereocenters. The molecule has 27 heavy (non-hydrogen) atoms. The number of unbranched alkanes of at least 4 members (excludes halogenated alkanes) is 13. The third-order valence-electron chi connectivity index (χ3n) is 5.05. The zero-order valence-corrected chi connectivity index (χ0v) is 19.7. The van der Waals surface area contributed by atoms with Crippen molar-refractivity contribution in [2.75, 3.05) is 40.5 Å². The van der Waals surface area contributed by atoms with Crippen LogP contribution in [0.15, 0.2) is 0 Å². The average molecular weight is 406 g/mol. The molecule has 0 saturated heterocycles. The molecule has 0 radical (unpaired) electrons. The highest BCUT2D eigenvalue weighted by molar-refractivity contribution is 7.41. The minimum Gasteiger partial charge on any atom is -0.316 e. The monoisotopic (exact) mass is 405 g/mol. The predicted molar refractivity (Wildman–Crippen MR) is 119 cm³/mol. The van der Waals surface area contributed by atoms with Gasteiger partial charge < -0.3 is 18.5 Å². The quantitative estimate of drug-likeness (QED) is 0.139. The van der Waals surface area contributed by atoms with Gasteiger partial charge in [-0.1, -0.05) is 97.3 Å². The van der Waals surface area contributed by atoms with Crippen LogP contribution >= 0.6 is 8.60 Å². The Bertz CT molecular complexity index is 282. The van der Waals surface area contributed by atoms with Crippen molar-refractivity contribution < 1.29 is 13.6 Å². The van der Waals surface area contributed by atoms with Gasteiger partial charge in [-0.05, 0) is 20.0 Å². The van der Waals surface area contributed by atoms with E-state index >= 15 is 0 Å². The zero-order chi connectivity index (χ0) is 20.0. The normalized spacial score (nSPS) is 12.8. The van der Waals surface area contributed by atoms with E-state index in [1.54, 1.807) is 7.11 Å². The Hall–Kier alpha value is 0.270. The minimum absolute atomic E-state index is 0.669. The molecule has 164 valence electrons. The average Bonchev–Trinajstić information content (AvgIpc) is 2.69. The van der Waals surface area contributed by atoms with Gasteiger partial charge in [0.25, 0.3) is 0 Å². The molecule has 0 heterocycles. The van der Waals surface area contributed by atoms with Gasteiger partial charge in [0.1, 0.15) is 0 Å². The molecule has 0 aliphatic carbocycles. The molecule has 0 fully saturated rings. The van der Waals surface area contributed by atoms with Gasteiger partial charge in [-0.25, -0.2) is 0 Å². The Morgan fingerprint density at radius 2 is 1.07 bits per heavy atom. The van der Waals surface area contributed by atoms with E-state index in [4.69, 9.17) is 13.6 Å². The van der Waals surface area contributed by atoms with E-state index in [1.165, 1.54) is 83.5 Å². The third kappa shape index (κ3) is 20.8. The summed E-state index contributed by atoms with van der Waals surface area (Å²) in [6.07, 6.45) is 19.3. The summed E-state index contributed by atoms with van der Waals surface area (Å²) < 4.78 is 16.7. The van der Waals surface area contributed by atoms with E-state index in [-0.39, 0.29) is 0 Å². The second kappa shape index (κ2) is 22.6. The lowest BCUT2D eigenvalue weighted by Crippen LogP contribution is -2.22. The highest BCUT2D eigenvalue weighted by Gasteiger charge is 2.10. The second-order valence-corrected chi connectivity index (χ2v) is 8.89. The molecular weight excluding hydrogens is 357 g/mol. The third-order valence-corrected chi connectivity index (χ3v) is 6.14. The number of nitrogens with zero attached hydrogens (tertiary/aromatic N) is 1. The highest BCUT2D eigenvalue weighted by atomic mass is 31.2. The van der Waals surface area contributed by atoms with Crippen molar-refractivity contribution in [3.05, 3.63) is 0 Å². The van der Waals surface area contributed by atoms with Crippen molar-refractivity contribution in [2.24, 2.45) is 0 Å². The Labute approximate surface area is 171 Å². The molecule has 0 aromatic carbocycles. The van der Waals surface area contributed by atoms with Crippen molar-refractivity contribution in [3.63, 3.8) is 0 Å². The maximum absolute atomic E-state index is 5.72. The lowest BCUT2D eigenvalue weighted by atomic mass is 10.0. The van der Waals surface area contributed by atoms with Gasteiger partial charge in [-0.2, -0.15) is 0 Å². The summed E-state index contributed by atoms with van der Waals surface area (Å²) >= 11 is 0. The van der Waals surface area contributed by atoms with Gasteiger partial charge in [-0.3, -0.25) is 0 Å². The summed E-state index contributed by atoms with van der Waals surface area (Å²) in [6, 6.07) is 0. The van der Waals surface area contributed by atoms with Gasteiger partial charge in [-0.15, -0.1) is 0 Å². The fraction of sp³-hybridized carbons (Fsp3) is 1.00. The molecule has 0 bridgehead atoms. The van der Waals surface area contributed by atoms with Gasteiger partial charge >= 0.3 is 8.60 Å². The molecule has 0 spiro atoms. The van der Waals surface area contributed by atoms with Crippen molar-refractivity contribution >= 4 is 8.60 Å². The number of likely N-dealkylation sites (N-methyl/N-ethyl adjacent to an activating group) is 1. The number of rotatable bonds is 22. The zero-order valence-electron chi connectivity index (χ0n) is 18.8. The van der Waals surface area contributed by atoms with E-state index in [0.717, 1.165) is 26.1 Å². The van der Waals surface area contributed by atoms with Crippen molar-refractivity contribution in [3.8, 4) is 0 Å². The van der Waals surface area contributed by atoms with Crippen LogP contribution in [0.5, 0.6) is 0 Å². The van der Waals surface area contributed by atoms with Crippen LogP contribution < -0.4 is 0 Å². The maximum Gasteiger partial charge on any atom is 0.332 e.